The predicted octanol–water partition coefficient (Wildman–Crippen LogP) is 6.26. The van der Waals surface area contributed by atoms with E-state index in [-0.39, 0.29) is 7.92 Å². The van der Waals surface area contributed by atoms with E-state index in [9.17, 15) is 0 Å². The van der Waals surface area contributed by atoms with Gasteiger partial charge >= 0.3 is 33.0 Å². The van der Waals surface area contributed by atoms with Gasteiger partial charge in [0.05, 0.1) is 0 Å². The molecule has 0 heterocycles. The fraction of sp³-hybridized carbons (Fsp3) is 0.846. The Bertz CT molecular complexity index is 174. The molecule has 0 aliphatic carbocycles. The Morgan fingerprint density at radius 3 is 1.65 bits per heavy atom. The standard InChI is InChI=1S/C13H27P.2ClH.Ni/c1-11(2)9-7-8-10-14(12(3)4)13(5)6;;;/h7-8,11-13H,9-10H2,1-6H3;2*1H;/q;;;+2/p-2. The van der Waals surface area contributed by atoms with Crippen LogP contribution in [0.2, 0.25) is 0 Å². The maximum atomic E-state index is 4.70. The van der Waals surface area contributed by atoms with Crippen molar-refractivity contribution in [1.82, 2.24) is 0 Å². The van der Waals surface area contributed by atoms with E-state index >= 15 is 0 Å². The molecule has 0 unspecified atom stereocenters. The maximum absolute atomic E-state index is 4.70. The molecule has 0 nitrogen and oxygen atoms in total. The number of hydrogen-bond donors (Lipinski definition) is 0. The van der Waals surface area contributed by atoms with Gasteiger partial charge in [0, 0.05) is 0 Å². The summed E-state index contributed by atoms with van der Waals surface area (Å²) in [5.74, 6) is 0.801. The van der Waals surface area contributed by atoms with Gasteiger partial charge in [0.1, 0.15) is 0 Å². The van der Waals surface area contributed by atoms with Crippen molar-refractivity contribution in [3.05, 3.63) is 12.2 Å². The minimum atomic E-state index is 0.204. The average Bonchev–Trinajstić information content (AvgIpc) is 2.16. The second kappa shape index (κ2) is 13.7. The third kappa shape index (κ3) is 15.2. The van der Waals surface area contributed by atoms with Crippen molar-refractivity contribution in [3.8, 4) is 0 Å². The van der Waals surface area contributed by atoms with Gasteiger partial charge in [-0.3, -0.25) is 0 Å². The van der Waals surface area contributed by atoms with Gasteiger partial charge in [-0.15, -0.1) is 0 Å². The van der Waals surface area contributed by atoms with E-state index in [0.717, 1.165) is 17.2 Å². The average molecular weight is 344 g/mol. The van der Waals surface area contributed by atoms with Crippen LogP contribution in [0.5, 0.6) is 0 Å². The van der Waals surface area contributed by atoms with E-state index in [1.807, 2.05) is 0 Å². The summed E-state index contributed by atoms with van der Waals surface area (Å²) in [5.41, 5.74) is 1.74. The molecule has 0 N–H and O–H groups in total. The second-order valence-electron chi connectivity index (χ2n) is 5.03. The number of halogens is 2. The molecule has 0 fully saturated rings. The zero-order valence-corrected chi connectivity index (χ0v) is 15.2. The summed E-state index contributed by atoms with van der Waals surface area (Å²) in [6.45, 7) is 14.0. The molecule has 0 atom stereocenters. The van der Waals surface area contributed by atoms with Crippen LogP contribution >= 0.6 is 28.3 Å². The molecule has 0 rings (SSSR count). The van der Waals surface area contributed by atoms with Crippen molar-refractivity contribution in [2.75, 3.05) is 6.16 Å². The summed E-state index contributed by atoms with van der Waals surface area (Å²) in [7, 11) is 9.61. The molecular weight excluding hydrogens is 317 g/mol. The van der Waals surface area contributed by atoms with Gasteiger partial charge in [0.25, 0.3) is 0 Å². The van der Waals surface area contributed by atoms with E-state index in [1.54, 1.807) is 0 Å². The first-order valence-electron chi connectivity index (χ1n) is 6.09. The van der Waals surface area contributed by atoms with Gasteiger partial charge in [0.2, 0.25) is 0 Å². The quantitative estimate of drug-likeness (QED) is 0.303. The van der Waals surface area contributed by atoms with Crippen LogP contribution in [0, 0.1) is 5.92 Å². The third-order valence-electron chi connectivity index (χ3n) is 2.42. The van der Waals surface area contributed by atoms with Crippen LogP contribution in [0.4, 0.5) is 0 Å². The van der Waals surface area contributed by atoms with Crippen molar-refractivity contribution in [2.45, 2.75) is 59.3 Å². The van der Waals surface area contributed by atoms with Gasteiger partial charge in [0.15, 0.2) is 0 Å². The molecule has 0 radical (unpaired) electrons. The molecule has 108 valence electrons. The van der Waals surface area contributed by atoms with Gasteiger partial charge in [-0.2, -0.15) is 0 Å². The van der Waals surface area contributed by atoms with Crippen LogP contribution < -0.4 is 0 Å². The third-order valence-corrected chi connectivity index (χ3v) is 5.70. The molecule has 0 saturated heterocycles. The van der Waals surface area contributed by atoms with E-state index < -0.39 is 0 Å². The Balaban J connectivity index is 0. The summed E-state index contributed by atoms with van der Waals surface area (Å²) in [5, 5.41) is 0. The summed E-state index contributed by atoms with van der Waals surface area (Å²) in [4.78, 5) is 0. The zero-order valence-electron chi connectivity index (χ0n) is 11.8. The molecule has 0 aromatic heterocycles. The number of rotatable bonds is 6. The van der Waals surface area contributed by atoms with Crippen molar-refractivity contribution in [3.63, 3.8) is 0 Å². The van der Waals surface area contributed by atoms with Crippen molar-refractivity contribution < 1.29 is 12.7 Å². The SMILES string of the molecule is CC(C)CC=CCP(C(C)C)C(C)C.[Cl][Ni][Cl]. The number of allylic oxidation sites excluding steroid dienone is 2. The molecule has 0 aliphatic heterocycles. The Morgan fingerprint density at radius 2 is 1.35 bits per heavy atom. The van der Waals surface area contributed by atoms with E-state index in [0.29, 0.717) is 12.7 Å². The van der Waals surface area contributed by atoms with Crippen LogP contribution in [0.3, 0.4) is 0 Å². The summed E-state index contributed by atoms with van der Waals surface area (Å²) < 4.78 is 0. The normalized spacial score (nSPS) is 12.0. The van der Waals surface area contributed by atoms with Gasteiger partial charge in [-0.25, -0.2) is 0 Å². The van der Waals surface area contributed by atoms with Crippen LogP contribution in [-0.4, -0.2) is 17.5 Å². The fourth-order valence-corrected chi connectivity index (χ4v) is 4.01. The fourth-order valence-electron chi connectivity index (χ4n) is 1.58. The van der Waals surface area contributed by atoms with Gasteiger partial charge in [-0.05, 0) is 29.8 Å². The Kier molecular flexibility index (Phi) is 16.5. The molecule has 0 amide bonds. The Hall–Kier alpha value is 1.24. The van der Waals surface area contributed by atoms with Crippen molar-refractivity contribution in [2.24, 2.45) is 5.92 Å². The first-order chi connectivity index (χ1) is 7.86. The zero-order chi connectivity index (χ0) is 13.8. The molecule has 0 aromatic carbocycles. The molecule has 0 aliphatic rings. The van der Waals surface area contributed by atoms with E-state index in [2.05, 4.69) is 53.7 Å². The molecule has 0 bridgehead atoms. The number of hydrogen-bond acceptors (Lipinski definition) is 0. The summed E-state index contributed by atoms with van der Waals surface area (Å²) in [6, 6.07) is 0. The van der Waals surface area contributed by atoms with Gasteiger partial charge < -0.3 is 0 Å². The second-order valence-corrected chi connectivity index (χ2v) is 10.1. The monoisotopic (exact) mass is 342 g/mol. The van der Waals surface area contributed by atoms with Crippen LogP contribution in [0.1, 0.15) is 48.0 Å². The molecule has 17 heavy (non-hydrogen) atoms. The van der Waals surface area contributed by atoms with E-state index in [4.69, 9.17) is 20.4 Å². The van der Waals surface area contributed by atoms with Crippen molar-refractivity contribution >= 4 is 28.3 Å². The molecule has 4 heteroatoms. The van der Waals surface area contributed by atoms with Crippen LogP contribution in [-0.2, 0) is 12.7 Å². The summed E-state index contributed by atoms with van der Waals surface area (Å²) >= 11 is 0.569. The van der Waals surface area contributed by atoms with E-state index in [1.165, 1.54) is 12.6 Å². The summed E-state index contributed by atoms with van der Waals surface area (Å²) in [6.07, 6.45) is 7.33. The molecular formula is C13H27Cl2NiP. The Morgan fingerprint density at radius 1 is 0.941 bits per heavy atom. The van der Waals surface area contributed by atoms with Crippen LogP contribution in [0.15, 0.2) is 12.2 Å². The predicted molar refractivity (Wildman–Crippen MR) is 82.4 cm³/mol. The topological polar surface area (TPSA) is 0 Å². The van der Waals surface area contributed by atoms with Crippen molar-refractivity contribution in [1.29, 1.82) is 0 Å². The van der Waals surface area contributed by atoms with Crippen LogP contribution in [0.25, 0.3) is 0 Å². The first-order valence-corrected chi connectivity index (χ1v) is 10.5. The molecule has 0 aromatic rings. The first kappa shape index (κ1) is 20.6. The molecule has 0 spiro atoms. The molecule has 0 saturated carbocycles. The Labute approximate surface area is 124 Å². The van der Waals surface area contributed by atoms with Gasteiger partial charge in [-0.1, -0.05) is 61.6 Å². The minimum absolute atomic E-state index is 0.204.